The Hall–Kier alpha value is -1.76. The molecule has 2 rings (SSSR count). The third-order valence-electron chi connectivity index (χ3n) is 3.69. The van der Waals surface area contributed by atoms with E-state index in [0.717, 1.165) is 24.8 Å². The third kappa shape index (κ3) is 6.86. The standard InChI is InChI=1S/C16H19F3O3S.C3H6/c1-10-5-4-6-11(7-10)15-13(20-2)8-12(9-14(15)21-3)22-23-16(17,18)19;1-3-2/h7-9,11H,4-6H2,1-3H3;3H,1H2,2H3. The Balaban J connectivity index is 0.00000105. The summed E-state index contributed by atoms with van der Waals surface area (Å²) in [6.45, 7) is 7.32. The van der Waals surface area contributed by atoms with E-state index in [2.05, 4.69) is 19.6 Å². The molecule has 0 N–H and O–H groups in total. The number of allylic oxidation sites excluding steroid dienone is 3. The van der Waals surface area contributed by atoms with Gasteiger partial charge in [0.05, 0.1) is 14.2 Å². The topological polar surface area (TPSA) is 27.7 Å². The number of halogens is 3. The van der Waals surface area contributed by atoms with Crippen LogP contribution in [0.3, 0.4) is 0 Å². The molecule has 146 valence electrons. The lowest BCUT2D eigenvalue weighted by molar-refractivity contribution is -0.0369. The Kier molecular flexibility index (Phi) is 8.92. The number of hydrogen-bond donors (Lipinski definition) is 0. The minimum atomic E-state index is -4.47. The van der Waals surface area contributed by atoms with Crippen molar-refractivity contribution in [2.45, 2.75) is 44.5 Å². The zero-order valence-corrected chi connectivity index (χ0v) is 16.3. The summed E-state index contributed by atoms with van der Waals surface area (Å²) >= 11 is -0.556. The Morgan fingerprint density at radius 2 is 1.73 bits per heavy atom. The summed E-state index contributed by atoms with van der Waals surface area (Å²) in [6, 6.07) is 2.93. The first-order chi connectivity index (χ1) is 12.3. The van der Waals surface area contributed by atoms with Crippen LogP contribution in [0.25, 0.3) is 0 Å². The molecule has 7 heteroatoms. The molecule has 0 aliphatic heterocycles. The smallest absolute Gasteiger partial charge is 0.479 e. The number of ether oxygens (including phenoxy) is 2. The molecule has 0 saturated carbocycles. The molecule has 1 atom stereocenters. The quantitative estimate of drug-likeness (QED) is 0.415. The molecule has 0 bridgehead atoms. The van der Waals surface area contributed by atoms with Gasteiger partial charge in [0.15, 0.2) is 12.0 Å². The van der Waals surface area contributed by atoms with Gasteiger partial charge in [0.25, 0.3) is 0 Å². The van der Waals surface area contributed by atoms with Gasteiger partial charge >= 0.3 is 5.51 Å². The van der Waals surface area contributed by atoms with Gasteiger partial charge in [-0.15, -0.1) is 6.58 Å². The molecular weight excluding hydrogens is 365 g/mol. The normalized spacial score (nSPS) is 16.7. The molecule has 0 radical (unpaired) electrons. The van der Waals surface area contributed by atoms with Gasteiger partial charge in [-0.2, -0.15) is 13.2 Å². The minimum Gasteiger partial charge on any atom is -0.496 e. The van der Waals surface area contributed by atoms with Gasteiger partial charge in [0.1, 0.15) is 17.2 Å². The van der Waals surface area contributed by atoms with E-state index in [-0.39, 0.29) is 11.7 Å². The predicted molar refractivity (Wildman–Crippen MR) is 100 cm³/mol. The second kappa shape index (κ2) is 10.4. The maximum Gasteiger partial charge on any atom is 0.479 e. The van der Waals surface area contributed by atoms with E-state index in [1.165, 1.54) is 31.9 Å². The molecule has 26 heavy (non-hydrogen) atoms. The largest absolute Gasteiger partial charge is 0.496 e. The summed E-state index contributed by atoms with van der Waals surface area (Å²) < 4.78 is 52.3. The molecular formula is C19H25F3O3S. The highest BCUT2D eigenvalue weighted by Crippen LogP contribution is 2.45. The molecule has 0 spiro atoms. The van der Waals surface area contributed by atoms with Crippen LogP contribution in [-0.2, 0) is 0 Å². The lowest BCUT2D eigenvalue weighted by atomic mass is 9.85. The van der Waals surface area contributed by atoms with Crippen LogP contribution in [0, 0.1) is 0 Å². The van der Waals surface area contributed by atoms with Crippen molar-refractivity contribution >= 4 is 12.0 Å². The highest BCUT2D eigenvalue weighted by molar-refractivity contribution is 7.95. The lowest BCUT2D eigenvalue weighted by Crippen LogP contribution is -2.07. The molecule has 1 aliphatic carbocycles. The maximum atomic E-state index is 12.3. The molecule has 0 aromatic heterocycles. The van der Waals surface area contributed by atoms with E-state index in [1.54, 1.807) is 6.08 Å². The van der Waals surface area contributed by atoms with Crippen LogP contribution in [0.5, 0.6) is 17.2 Å². The van der Waals surface area contributed by atoms with Gasteiger partial charge in [0.2, 0.25) is 0 Å². The SMILES string of the molecule is C=CC.COc1cc(OSC(F)(F)F)cc(OC)c1C1C=C(C)CCC1. The molecule has 0 heterocycles. The van der Waals surface area contributed by atoms with Gasteiger partial charge in [0, 0.05) is 23.6 Å². The fourth-order valence-electron chi connectivity index (χ4n) is 2.76. The zero-order chi connectivity index (χ0) is 19.7. The summed E-state index contributed by atoms with van der Waals surface area (Å²) in [7, 11) is 2.97. The molecule has 0 saturated heterocycles. The fourth-order valence-corrected chi connectivity index (χ4v) is 3.05. The number of benzene rings is 1. The van der Waals surface area contributed by atoms with Crippen LogP contribution >= 0.6 is 12.0 Å². The highest BCUT2D eigenvalue weighted by Gasteiger charge is 2.32. The van der Waals surface area contributed by atoms with E-state index in [4.69, 9.17) is 13.7 Å². The van der Waals surface area contributed by atoms with Crippen molar-refractivity contribution in [1.29, 1.82) is 0 Å². The second-order valence-corrected chi connectivity index (χ2v) is 6.57. The summed E-state index contributed by atoms with van der Waals surface area (Å²) in [5.74, 6) is 1.11. The summed E-state index contributed by atoms with van der Waals surface area (Å²) in [4.78, 5) is 0. The Morgan fingerprint density at radius 3 is 2.15 bits per heavy atom. The van der Waals surface area contributed by atoms with Crippen molar-refractivity contribution in [2.24, 2.45) is 0 Å². The van der Waals surface area contributed by atoms with E-state index in [0.29, 0.717) is 11.5 Å². The first-order valence-electron chi connectivity index (χ1n) is 8.18. The maximum absolute atomic E-state index is 12.3. The monoisotopic (exact) mass is 390 g/mol. The van der Waals surface area contributed by atoms with E-state index < -0.39 is 17.6 Å². The van der Waals surface area contributed by atoms with E-state index >= 15 is 0 Å². The minimum absolute atomic E-state index is 0.0429. The van der Waals surface area contributed by atoms with Crippen molar-refractivity contribution in [2.75, 3.05) is 14.2 Å². The molecule has 3 nitrogen and oxygen atoms in total. The van der Waals surface area contributed by atoms with Gasteiger partial charge in [-0.05, 0) is 33.1 Å². The van der Waals surface area contributed by atoms with Crippen molar-refractivity contribution in [3.8, 4) is 17.2 Å². The first kappa shape index (κ1) is 22.3. The zero-order valence-electron chi connectivity index (χ0n) is 15.5. The number of alkyl halides is 3. The van der Waals surface area contributed by atoms with E-state index in [1.807, 2.05) is 6.92 Å². The molecule has 1 aromatic carbocycles. The number of methoxy groups -OCH3 is 2. The average Bonchev–Trinajstić information content (AvgIpc) is 2.59. The van der Waals surface area contributed by atoms with Crippen molar-refractivity contribution < 1.29 is 26.8 Å². The fraction of sp³-hybridized carbons (Fsp3) is 0.474. The Bertz CT molecular complexity index is 602. The Morgan fingerprint density at radius 1 is 1.19 bits per heavy atom. The van der Waals surface area contributed by atoms with Crippen molar-refractivity contribution in [1.82, 2.24) is 0 Å². The van der Waals surface area contributed by atoms with Gasteiger partial charge in [-0.3, -0.25) is 0 Å². The third-order valence-corrected chi connectivity index (χ3v) is 4.16. The predicted octanol–water partition coefficient (Wildman–Crippen LogP) is 6.66. The second-order valence-electron chi connectivity index (χ2n) is 5.77. The molecule has 1 aliphatic rings. The van der Waals surface area contributed by atoms with Crippen LogP contribution in [-0.4, -0.2) is 19.7 Å². The van der Waals surface area contributed by atoms with Crippen LogP contribution < -0.4 is 13.7 Å². The lowest BCUT2D eigenvalue weighted by Gasteiger charge is -2.24. The van der Waals surface area contributed by atoms with Gasteiger partial charge in [-0.1, -0.05) is 17.7 Å². The van der Waals surface area contributed by atoms with Crippen LogP contribution in [0.1, 0.15) is 44.6 Å². The Labute approximate surface area is 157 Å². The molecule has 1 unspecified atom stereocenters. The molecule has 0 fully saturated rings. The first-order valence-corrected chi connectivity index (χ1v) is 8.92. The molecule has 1 aromatic rings. The summed E-state index contributed by atoms with van der Waals surface area (Å²) in [6.07, 6.45) is 6.97. The number of hydrogen-bond acceptors (Lipinski definition) is 4. The summed E-state index contributed by atoms with van der Waals surface area (Å²) in [5, 5.41) is 0. The van der Waals surface area contributed by atoms with Crippen molar-refractivity contribution in [3.63, 3.8) is 0 Å². The van der Waals surface area contributed by atoms with E-state index in [9.17, 15) is 13.2 Å². The summed E-state index contributed by atoms with van der Waals surface area (Å²) in [5.41, 5.74) is -2.33. The molecule has 0 amide bonds. The van der Waals surface area contributed by atoms with Crippen molar-refractivity contribution in [3.05, 3.63) is 42.0 Å². The van der Waals surface area contributed by atoms with Crippen LogP contribution in [0.4, 0.5) is 13.2 Å². The van der Waals surface area contributed by atoms with Gasteiger partial charge < -0.3 is 13.7 Å². The van der Waals surface area contributed by atoms with Crippen LogP contribution in [0.2, 0.25) is 0 Å². The van der Waals surface area contributed by atoms with Gasteiger partial charge in [-0.25, -0.2) is 0 Å². The highest BCUT2D eigenvalue weighted by atomic mass is 32.2. The average molecular weight is 390 g/mol. The van der Waals surface area contributed by atoms with Crippen LogP contribution in [0.15, 0.2) is 36.4 Å². The number of rotatable bonds is 5.